The second-order valence-corrected chi connectivity index (χ2v) is 13.2. The van der Waals surface area contributed by atoms with Gasteiger partial charge in [-0.05, 0) is 49.9 Å². The van der Waals surface area contributed by atoms with Gasteiger partial charge in [0.05, 0.1) is 49.1 Å². The van der Waals surface area contributed by atoms with E-state index in [9.17, 15) is 19.5 Å². The van der Waals surface area contributed by atoms with Gasteiger partial charge in [0, 0.05) is 37.1 Å². The highest BCUT2D eigenvalue weighted by atomic mass is 32.2. The molecular formula is C30H44N4O6S. The molecule has 4 heterocycles. The summed E-state index contributed by atoms with van der Waals surface area (Å²) in [5, 5.41) is 16.6. The Bertz CT molecular complexity index is 1100. The summed E-state index contributed by atoms with van der Waals surface area (Å²) in [4.78, 5) is 46.0. The standard InChI is InChI=1S/C30H44N4O6S/c1-4-19(3)22(18-35)34-26(28(37)31-12-13-33-14-16-39-17-15-33)30-11-10-23(41-30)24(25(30)29(34)38)27(36)32-20-6-8-21(9-7-20)40-5-2/h6-9,19,22-26,35H,4-5,10-18H2,1-3H3,(H,31,37)(H,32,36)/t19-,22-,23+,24-,25-,26?,30?/m0/s1. The number of morpholine rings is 1. The summed E-state index contributed by atoms with van der Waals surface area (Å²) in [6.45, 7) is 10.5. The van der Waals surface area contributed by atoms with Crippen LogP contribution in [0.15, 0.2) is 24.3 Å². The molecule has 4 aliphatic heterocycles. The Morgan fingerprint density at radius 3 is 2.59 bits per heavy atom. The molecule has 10 nitrogen and oxygen atoms in total. The summed E-state index contributed by atoms with van der Waals surface area (Å²) in [5.74, 6) is -0.982. The molecule has 0 aromatic heterocycles. The maximum atomic E-state index is 14.3. The second-order valence-electron chi connectivity index (χ2n) is 11.6. The van der Waals surface area contributed by atoms with Crippen molar-refractivity contribution in [1.82, 2.24) is 15.1 Å². The van der Waals surface area contributed by atoms with Gasteiger partial charge in [-0.3, -0.25) is 19.3 Å². The maximum absolute atomic E-state index is 14.3. The van der Waals surface area contributed by atoms with Gasteiger partial charge >= 0.3 is 0 Å². The molecule has 3 N–H and O–H groups in total. The van der Waals surface area contributed by atoms with Gasteiger partial charge in [0.25, 0.3) is 0 Å². The third kappa shape index (κ3) is 5.70. The highest BCUT2D eigenvalue weighted by molar-refractivity contribution is 8.02. The van der Waals surface area contributed by atoms with Crippen LogP contribution < -0.4 is 15.4 Å². The Labute approximate surface area is 246 Å². The molecule has 3 amide bonds. The number of hydrogen-bond acceptors (Lipinski definition) is 8. The number of ether oxygens (including phenoxy) is 2. The maximum Gasteiger partial charge on any atom is 0.244 e. The van der Waals surface area contributed by atoms with E-state index in [1.807, 2.05) is 32.9 Å². The third-order valence-corrected chi connectivity index (χ3v) is 11.3. The van der Waals surface area contributed by atoms with Gasteiger partial charge < -0.3 is 30.1 Å². The van der Waals surface area contributed by atoms with Crippen LogP contribution in [0, 0.1) is 17.8 Å². The summed E-state index contributed by atoms with van der Waals surface area (Å²) in [6, 6.07) is 6.02. The number of thioether (sulfide) groups is 1. The average Bonchev–Trinajstić information content (AvgIpc) is 3.62. The van der Waals surface area contributed by atoms with Crippen LogP contribution in [0.4, 0.5) is 5.69 Å². The normalized spacial score (nSPS) is 30.6. The average molecular weight is 589 g/mol. The number of anilines is 1. The predicted molar refractivity (Wildman–Crippen MR) is 158 cm³/mol. The monoisotopic (exact) mass is 588 g/mol. The van der Waals surface area contributed by atoms with Gasteiger partial charge in [-0.15, -0.1) is 11.8 Å². The zero-order valence-corrected chi connectivity index (χ0v) is 25.2. The number of aliphatic hydroxyl groups is 1. The van der Waals surface area contributed by atoms with Gasteiger partial charge in [-0.1, -0.05) is 20.3 Å². The minimum atomic E-state index is -0.728. The summed E-state index contributed by atoms with van der Waals surface area (Å²) in [7, 11) is 0. The molecule has 7 atom stereocenters. The minimum absolute atomic E-state index is 0.00107. The fraction of sp³-hybridized carbons (Fsp3) is 0.700. The van der Waals surface area contributed by atoms with Crippen LogP contribution in [-0.2, 0) is 19.1 Å². The van der Waals surface area contributed by atoms with Crippen molar-refractivity contribution >= 4 is 35.2 Å². The zero-order chi connectivity index (χ0) is 29.1. The van der Waals surface area contributed by atoms with Crippen LogP contribution in [-0.4, -0.2) is 107 Å². The lowest BCUT2D eigenvalue weighted by Gasteiger charge is -2.39. The first-order valence-corrected chi connectivity index (χ1v) is 15.9. The SMILES string of the molecule is CCOc1ccc(NC(=O)[C@@H]2[C@H]3C(=O)N([C@@H](CO)[C@@H](C)CC)C(C(=O)NCCN4CCOCC4)C34CC[C@H]2S4)cc1. The van der Waals surface area contributed by atoms with Gasteiger partial charge in [-0.25, -0.2) is 0 Å². The van der Waals surface area contributed by atoms with Gasteiger partial charge in [0.1, 0.15) is 11.8 Å². The van der Waals surface area contributed by atoms with E-state index in [4.69, 9.17) is 9.47 Å². The molecule has 1 aromatic rings. The molecule has 226 valence electrons. The third-order valence-electron chi connectivity index (χ3n) is 9.40. The summed E-state index contributed by atoms with van der Waals surface area (Å²) in [6.07, 6.45) is 2.23. The first-order chi connectivity index (χ1) is 19.8. The van der Waals surface area contributed by atoms with E-state index in [0.717, 1.165) is 31.7 Å². The van der Waals surface area contributed by atoms with Crippen LogP contribution in [0.25, 0.3) is 0 Å². The lowest BCUT2D eigenvalue weighted by molar-refractivity contribution is -0.143. The van der Waals surface area contributed by atoms with Crippen LogP contribution in [0.2, 0.25) is 0 Å². The molecular weight excluding hydrogens is 544 g/mol. The Morgan fingerprint density at radius 2 is 1.93 bits per heavy atom. The smallest absolute Gasteiger partial charge is 0.244 e. The number of carbonyl (C=O) groups is 3. The fourth-order valence-corrected chi connectivity index (χ4v) is 9.35. The number of amides is 3. The Kier molecular flexibility index (Phi) is 9.47. The number of benzene rings is 1. The fourth-order valence-electron chi connectivity index (χ4n) is 7.15. The molecule has 5 rings (SSSR count). The number of hydrogen-bond donors (Lipinski definition) is 3. The molecule has 41 heavy (non-hydrogen) atoms. The van der Waals surface area contributed by atoms with Crippen molar-refractivity contribution in [2.24, 2.45) is 17.8 Å². The highest BCUT2D eigenvalue weighted by Gasteiger charge is 2.74. The Hall–Kier alpha value is -2.34. The molecule has 4 fully saturated rings. The molecule has 0 aliphatic carbocycles. The van der Waals surface area contributed by atoms with Crippen molar-refractivity contribution in [2.45, 2.75) is 62.1 Å². The molecule has 4 aliphatic rings. The van der Waals surface area contributed by atoms with Gasteiger partial charge in [0.15, 0.2) is 0 Å². The first-order valence-electron chi connectivity index (χ1n) is 15.1. The zero-order valence-electron chi connectivity index (χ0n) is 24.3. The number of carbonyl (C=O) groups excluding carboxylic acids is 3. The van der Waals surface area contributed by atoms with Crippen molar-refractivity contribution in [2.75, 3.05) is 57.9 Å². The van der Waals surface area contributed by atoms with Crippen LogP contribution in [0.3, 0.4) is 0 Å². The van der Waals surface area contributed by atoms with E-state index < -0.39 is 28.7 Å². The summed E-state index contributed by atoms with van der Waals surface area (Å²) >= 11 is 1.65. The largest absolute Gasteiger partial charge is 0.494 e. The van der Waals surface area contributed by atoms with Crippen LogP contribution in [0.1, 0.15) is 40.0 Å². The van der Waals surface area contributed by atoms with Gasteiger partial charge in [-0.2, -0.15) is 0 Å². The van der Waals surface area contributed by atoms with Crippen molar-refractivity contribution in [3.63, 3.8) is 0 Å². The van der Waals surface area contributed by atoms with Crippen LogP contribution in [0.5, 0.6) is 5.75 Å². The van der Waals surface area contributed by atoms with Crippen molar-refractivity contribution in [3.05, 3.63) is 24.3 Å². The number of nitrogens with one attached hydrogen (secondary N) is 2. The number of likely N-dealkylation sites (tertiary alicyclic amines) is 1. The summed E-state index contributed by atoms with van der Waals surface area (Å²) < 4.78 is 10.3. The molecule has 0 radical (unpaired) electrons. The minimum Gasteiger partial charge on any atom is -0.494 e. The second kappa shape index (κ2) is 12.9. The van der Waals surface area contributed by atoms with E-state index in [2.05, 4.69) is 15.5 Å². The van der Waals surface area contributed by atoms with E-state index in [1.54, 1.807) is 28.8 Å². The quantitative estimate of drug-likeness (QED) is 0.339. The Morgan fingerprint density at radius 1 is 1.20 bits per heavy atom. The Balaban J connectivity index is 1.38. The molecule has 2 unspecified atom stereocenters. The lowest BCUT2D eigenvalue weighted by Crippen LogP contribution is -2.58. The lowest BCUT2D eigenvalue weighted by atomic mass is 9.70. The number of fused-ring (bicyclic) bond motifs is 1. The molecule has 1 aromatic carbocycles. The number of nitrogens with zero attached hydrogens (tertiary/aromatic N) is 2. The molecule has 0 saturated carbocycles. The number of rotatable bonds is 12. The van der Waals surface area contributed by atoms with Gasteiger partial charge in [0.2, 0.25) is 17.7 Å². The predicted octanol–water partition coefficient (Wildman–Crippen LogP) is 1.97. The molecule has 11 heteroatoms. The van der Waals surface area contributed by atoms with Crippen LogP contribution >= 0.6 is 11.8 Å². The van der Waals surface area contributed by atoms with E-state index in [-0.39, 0.29) is 35.5 Å². The number of aliphatic hydroxyl groups excluding tert-OH is 1. The molecule has 1 spiro atoms. The van der Waals surface area contributed by atoms with E-state index >= 15 is 0 Å². The topological polar surface area (TPSA) is 120 Å². The summed E-state index contributed by atoms with van der Waals surface area (Å²) in [5.41, 5.74) is 0.646. The molecule has 4 saturated heterocycles. The highest BCUT2D eigenvalue weighted by Crippen LogP contribution is 2.66. The molecule has 2 bridgehead atoms. The van der Waals surface area contributed by atoms with E-state index in [0.29, 0.717) is 45.0 Å². The van der Waals surface area contributed by atoms with Crippen molar-refractivity contribution < 1.29 is 29.0 Å². The first kappa shape index (κ1) is 30.1. The van der Waals surface area contributed by atoms with Crippen molar-refractivity contribution in [1.29, 1.82) is 0 Å². The van der Waals surface area contributed by atoms with Crippen molar-refractivity contribution in [3.8, 4) is 5.75 Å². The van der Waals surface area contributed by atoms with E-state index in [1.165, 1.54) is 0 Å².